The molecule has 1 aromatic rings. The van der Waals surface area contributed by atoms with Crippen molar-refractivity contribution in [3.63, 3.8) is 0 Å². The zero-order valence-electron chi connectivity index (χ0n) is 10.9. The molecule has 0 unspecified atom stereocenters. The van der Waals surface area contributed by atoms with Crippen LogP contribution in [0.15, 0.2) is 24.3 Å². The summed E-state index contributed by atoms with van der Waals surface area (Å²) in [5.74, 6) is 0.0285. The third kappa shape index (κ3) is 3.55. The summed E-state index contributed by atoms with van der Waals surface area (Å²) in [6.45, 7) is 7.41. The molecule has 1 fully saturated rings. The molecule has 1 saturated heterocycles. The van der Waals surface area contributed by atoms with E-state index in [-0.39, 0.29) is 5.91 Å². The van der Waals surface area contributed by atoms with Crippen LogP contribution in [-0.2, 0) is 4.74 Å². The lowest BCUT2D eigenvalue weighted by Crippen LogP contribution is -3.14. The Morgan fingerprint density at radius 3 is 2.78 bits per heavy atom. The monoisotopic (exact) mass is 249 g/mol. The van der Waals surface area contributed by atoms with Crippen molar-refractivity contribution in [2.75, 3.05) is 39.4 Å². The normalized spacial score (nSPS) is 16.5. The predicted molar refractivity (Wildman–Crippen MR) is 69.9 cm³/mol. The molecule has 0 bridgehead atoms. The second-order valence-electron chi connectivity index (χ2n) is 4.68. The van der Waals surface area contributed by atoms with Crippen LogP contribution < -0.4 is 10.2 Å². The van der Waals surface area contributed by atoms with Crippen molar-refractivity contribution in [2.24, 2.45) is 0 Å². The number of hydrogen-bond donors (Lipinski definition) is 2. The van der Waals surface area contributed by atoms with E-state index >= 15 is 0 Å². The number of amides is 1. The average Bonchev–Trinajstić information content (AvgIpc) is 2.40. The first kappa shape index (κ1) is 13.1. The van der Waals surface area contributed by atoms with Crippen LogP contribution in [-0.4, -0.2) is 45.3 Å². The van der Waals surface area contributed by atoms with Crippen molar-refractivity contribution in [3.8, 4) is 0 Å². The van der Waals surface area contributed by atoms with Crippen LogP contribution in [0.5, 0.6) is 0 Å². The van der Waals surface area contributed by atoms with Gasteiger partial charge in [-0.1, -0.05) is 18.2 Å². The third-order valence-corrected chi connectivity index (χ3v) is 3.35. The highest BCUT2D eigenvalue weighted by Gasteiger charge is 2.14. The Morgan fingerprint density at radius 1 is 1.33 bits per heavy atom. The van der Waals surface area contributed by atoms with E-state index in [9.17, 15) is 4.79 Å². The topological polar surface area (TPSA) is 42.8 Å². The maximum absolute atomic E-state index is 12.0. The number of aryl methyl sites for hydroxylation is 1. The van der Waals surface area contributed by atoms with Gasteiger partial charge in [0.25, 0.3) is 5.91 Å². The van der Waals surface area contributed by atoms with Gasteiger partial charge in [0.1, 0.15) is 13.1 Å². The molecule has 2 N–H and O–H groups in total. The molecular weight excluding hydrogens is 228 g/mol. The largest absolute Gasteiger partial charge is 0.370 e. The van der Waals surface area contributed by atoms with Gasteiger partial charge in [0.15, 0.2) is 0 Å². The number of carbonyl (C=O) groups is 1. The zero-order chi connectivity index (χ0) is 12.8. The molecule has 0 radical (unpaired) electrons. The maximum atomic E-state index is 12.0. The Morgan fingerprint density at radius 2 is 2.06 bits per heavy atom. The molecule has 0 aromatic heterocycles. The van der Waals surface area contributed by atoms with Gasteiger partial charge in [-0.2, -0.15) is 0 Å². The summed E-state index contributed by atoms with van der Waals surface area (Å²) in [5, 5.41) is 2.99. The van der Waals surface area contributed by atoms with Gasteiger partial charge in [0.2, 0.25) is 0 Å². The Hall–Kier alpha value is -1.39. The number of benzene rings is 1. The van der Waals surface area contributed by atoms with E-state index in [1.165, 1.54) is 4.90 Å². The number of quaternary nitrogens is 1. The highest BCUT2D eigenvalue weighted by atomic mass is 16.5. The summed E-state index contributed by atoms with van der Waals surface area (Å²) in [6.07, 6.45) is 0. The molecule has 98 valence electrons. The lowest BCUT2D eigenvalue weighted by Gasteiger charge is -2.23. The third-order valence-electron chi connectivity index (χ3n) is 3.35. The highest BCUT2D eigenvalue weighted by molar-refractivity contribution is 5.95. The minimum atomic E-state index is 0.0285. The molecule has 0 saturated carbocycles. The first-order chi connectivity index (χ1) is 8.77. The summed E-state index contributed by atoms with van der Waals surface area (Å²) in [7, 11) is 0. The summed E-state index contributed by atoms with van der Waals surface area (Å²) in [5.41, 5.74) is 1.79. The van der Waals surface area contributed by atoms with Gasteiger partial charge in [0, 0.05) is 5.56 Å². The smallest absolute Gasteiger partial charge is 0.251 e. The number of rotatable bonds is 4. The van der Waals surface area contributed by atoms with Crippen molar-refractivity contribution in [1.82, 2.24) is 5.32 Å². The van der Waals surface area contributed by atoms with Gasteiger partial charge < -0.3 is 15.0 Å². The molecule has 2 rings (SSSR count). The van der Waals surface area contributed by atoms with Gasteiger partial charge in [-0.15, -0.1) is 0 Å². The van der Waals surface area contributed by atoms with E-state index in [0.717, 1.165) is 50.5 Å². The van der Waals surface area contributed by atoms with Crippen LogP contribution in [0, 0.1) is 6.92 Å². The summed E-state index contributed by atoms with van der Waals surface area (Å²) < 4.78 is 5.30. The van der Waals surface area contributed by atoms with Gasteiger partial charge in [0.05, 0.1) is 26.3 Å². The van der Waals surface area contributed by atoms with E-state index in [1.54, 1.807) is 0 Å². The van der Waals surface area contributed by atoms with Gasteiger partial charge >= 0.3 is 0 Å². The summed E-state index contributed by atoms with van der Waals surface area (Å²) in [6, 6.07) is 7.67. The quantitative estimate of drug-likeness (QED) is 0.765. The number of hydrogen-bond acceptors (Lipinski definition) is 2. The lowest BCUT2D eigenvalue weighted by atomic mass is 10.1. The highest BCUT2D eigenvalue weighted by Crippen LogP contribution is 2.05. The van der Waals surface area contributed by atoms with Crippen molar-refractivity contribution in [3.05, 3.63) is 35.4 Å². The molecule has 1 aliphatic heterocycles. The Balaban J connectivity index is 1.76. The van der Waals surface area contributed by atoms with E-state index in [0.29, 0.717) is 0 Å². The van der Waals surface area contributed by atoms with E-state index in [1.807, 2.05) is 31.2 Å². The molecule has 1 amide bonds. The Labute approximate surface area is 108 Å². The van der Waals surface area contributed by atoms with Crippen LogP contribution in [0.25, 0.3) is 0 Å². The average molecular weight is 249 g/mol. The first-order valence-electron chi connectivity index (χ1n) is 6.52. The van der Waals surface area contributed by atoms with Crippen LogP contribution in [0.3, 0.4) is 0 Å². The summed E-state index contributed by atoms with van der Waals surface area (Å²) >= 11 is 0. The van der Waals surface area contributed by atoms with Gasteiger partial charge in [-0.25, -0.2) is 0 Å². The fourth-order valence-electron chi connectivity index (χ4n) is 2.19. The van der Waals surface area contributed by atoms with Crippen LogP contribution in [0.1, 0.15) is 15.9 Å². The van der Waals surface area contributed by atoms with Crippen LogP contribution in [0.2, 0.25) is 0 Å². The molecule has 1 aliphatic rings. The fraction of sp³-hybridized carbons (Fsp3) is 0.500. The molecule has 18 heavy (non-hydrogen) atoms. The Bertz CT molecular complexity index is 401. The molecular formula is C14H21N2O2+. The second kappa shape index (κ2) is 6.52. The number of ether oxygens (including phenoxy) is 1. The maximum Gasteiger partial charge on any atom is 0.251 e. The number of carbonyl (C=O) groups excluding carboxylic acids is 1. The Kier molecular flexibility index (Phi) is 4.73. The lowest BCUT2D eigenvalue weighted by molar-refractivity contribution is -0.906. The SMILES string of the molecule is Cc1ccccc1C(=O)NCC[NH+]1CCOCC1. The van der Waals surface area contributed by atoms with Crippen molar-refractivity contribution in [2.45, 2.75) is 6.92 Å². The molecule has 0 spiro atoms. The van der Waals surface area contributed by atoms with Crippen LogP contribution in [0.4, 0.5) is 0 Å². The van der Waals surface area contributed by atoms with Gasteiger partial charge in [-0.3, -0.25) is 4.79 Å². The minimum Gasteiger partial charge on any atom is -0.370 e. The first-order valence-corrected chi connectivity index (χ1v) is 6.52. The van der Waals surface area contributed by atoms with E-state index in [2.05, 4.69) is 5.32 Å². The van der Waals surface area contributed by atoms with E-state index in [4.69, 9.17) is 4.74 Å². The fourth-order valence-corrected chi connectivity index (χ4v) is 2.19. The zero-order valence-corrected chi connectivity index (χ0v) is 10.9. The van der Waals surface area contributed by atoms with Crippen molar-refractivity contribution >= 4 is 5.91 Å². The summed E-state index contributed by atoms with van der Waals surface area (Å²) in [4.78, 5) is 13.5. The number of nitrogens with one attached hydrogen (secondary N) is 2. The van der Waals surface area contributed by atoms with Crippen molar-refractivity contribution in [1.29, 1.82) is 0 Å². The standard InChI is InChI=1S/C14H20N2O2/c1-12-4-2-3-5-13(12)14(17)15-6-7-16-8-10-18-11-9-16/h2-5H,6-11H2,1H3,(H,15,17)/p+1. The second-order valence-corrected chi connectivity index (χ2v) is 4.68. The molecule has 0 atom stereocenters. The van der Waals surface area contributed by atoms with Gasteiger partial charge in [-0.05, 0) is 18.6 Å². The van der Waals surface area contributed by atoms with Crippen molar-refractivity contribution < 1.29 is 14.4 Å². The van der Waals surface area contributed by atoms with Crippen LogP contribution >= 0.6 is 0 Å². The molecule has 1 aromatic carbocycles. The number of morpholine rings is 1. The molecule has 1 heterocycles. The van der Waals surface area contributed by atoms with E-state index < -0.39 is 0 Å². The predicted octanol–water partition coefficient (Wildman–Crippen LogP) is -0.360. The molecule has 4 heteroatoms. The molecule has 0 aliphatic carbocycles. The minimum absolute atomic E-state index is 0.0285. The molecule has 4 nitrogen and oxygen atoms in total.